The fourth-order valence-corrected chi connectivity index (χ4v) is 3.58. The van der Waals surface area contributed by atoms with E-state index in [1.807, 2.05) is 0 Å². The molecule has 3 N–H and O–H groups in total. The molecule has 1 fully saturated rings. The van der Waals surface area contributed by atoms with Crippen LogP contribution in [0.4, 0.5) is 0 Å². The highest BCUT2D eigenvalue weighted by Crippen LogP contribution is 2.43. The van der Waals surface area contributed by atoms with E-state index in [0.717, 1.165) is 12.8 Å². The zero-order valence-corrected chi connectivity index (χ0v) is 13.2. The van der Waals surface area contributed by atoms with Crippen molar-refractivity contribution in [3.05, 3.63) is 34.9 Å². The van der Waals surface area contributed by atoms with Crippen LogP contribution in [0.2, 0.25) is 0 Å². The topological polar surface area (TPSA) is 46.2 Å². The average molecular weight is 275 g/mol. The molecule has 112 valence electrons. The van der Waals surface area contributed by atoms with Crippen molar-refractivity contribution in [3.8, 4) is 0 Å². The molecule has 1 aromatic carbocycles. The molecule has 0 amide bonds. The second-order valence-electron chi connectivity index (χ2n) is 6.85. The first-order valence-corrected chi connectivity index (χ1v) is 7.93. The molecule has 2 nitrogen and oxygen atoms in total. The lowest BCUT2D eigenvalue weighted by molar-refractivity contribution is -0.00750. The zero-order valence-electron chi connectivity index (χ0n) is 13.2. The van der Waals surface area contributed by atoms with E-state index >= 15 is 0 Å². The minimum absolute atomic E-state index is 0.0288. The minimum Gasteiger partial charge on any atom is -0.392 e. The van der Waals surface area contributed by atoms with Gasteiger partial charge in [-0.15, -0.1) is 0 Å². The zero-order chi connectivity index (χ0) is 14.8. The SMILES string of the molecule is Cc1ccc(C(CN)C(O)C2(C)CCCCC2)cc1C. The smallest absolute Gasteiger partial charge is 0.0674 e. The maximum absolute atomic E-state index is 10.9. The second kappa shape index (κ2) is 6.28. The first-order chi connectivity index (χ1) is 9.48. The number of hydrogen-bond acceptors (Lipinski definition) is 2. The van der Waals surface area contributed by atoms with E-state index in [-0.39, 0.29) is 17.4 Å². The Balaban J connectivity index is 2.24. The summed E-state index contributed by atoms with van der Waals surface area (Å²) in [5, 5.41) is 10.9. The second-order valence-corrected chi connectivity index (χ2v) is 6.85. The van der Waals surface area contributed by atoms with Crippen molar-refractivity contribution < 1.29 is 5.11 Å². The number of hydrogen-bond donors (Lipinski definition) is 2. The summed E-state index contributed by atoms with van der Waals surface area (Å²) in [5.74, 6) is 0.0531. The van der Waals surface area contributed by atoms with Crippen molar-refractivity contribution in [1.82, 2.24) is 0 Å². The molecule has 1 aliphatic rings. The standard InChI is InChI=1S/C18H29NO/c1-13-7-8-15(11-14(13)2)16(12-19)17(20)18(3)9-5-4-6-10-18/h7-8,11,16-17,20H,4-6,9-10,12,19H2,1-3H3. The summed E-state index contributed by atoms with van der Waals surface area (Å²) >= 11 is 0. The summed E-state index contributed by atoms with van der Waals surface area (Å²) in [5.41, 5.74) is 9.79. The van der Waals surface area contributed by atoms with Gasteiger partial charge in [0, 0.05) is 12.5 Å². The molecule has 0 radical (unpaired) electrons. The van der Waals surface area contributed by atoms with Crippen molar-refractivity contribution >= 4 is 0 Å². The molecule has 0 heterocycles. The molecule has 0 bridgehead atoms. The number of aliphatic hydroxyl groups excluding tert-OH is 1. The van der Waals surface area contributed by atoms with E-state index in [9.17, 15) is 5.11 Å². The Kier molecular flexibility index (Phi) is 4.87. The molecule has 1 aliphatic carbocycles. The van der Waals surface area contributed by atoms with Gasteiger partial charge in [0.15, 0.2) is 0 Å². The van der Waals surface area contributed by atoms with Crippen LogP contribution in [-0.2, 0) is 0 Å². The lowest BCUT2D eigenvalue weighted by Gasteiger charge is -2.41. The van der Waals surface area contributed by atoms with Gasteiger partial charge in [-0.1, -0.05) is 44.4 Å². The van der Waals surface area contributed by atoms with Gasteiger partial charge in [0.05, 0.1) is 6.10 Å². The molecule has 0 spiro atoms. The van der Waals surface area contributed by atoms with E-state index in [1.165, 1.54) is 36.0 Å². The Labute approximate surface area is 123 Å². The van der Waals surface area contributed by atoms with E-state index in [1.54, 1.807) is 0 Å². The molecule has 0 aliphatic heterocycles. The van der Waals surface area contributed by atoms with E-state index in [0.29, 0.717) is 6.54 Å². The van der Waals surface area contributed by atoms with Crippen LogP contribution < -0.4 is 5.73 Å². The quantitative estimate of drug-likeness (QED) is 0.880. The Morgan fingerprint density at radius 2 is 1.80 bits per heavy atom. The molecule has 1 aromatic rings. The molecule has 2 atom stereocenters. The summed E-state index contributed by atoms with van der Waals surface area (Å²) in [6, 6.07) is 6.47. The summed E-state index contributed by atoms with van der Waals surface area (Å²) in [6.07, 6.45) is 5.68. The van der Waals surface area contributed by atoms with E-state index in [4.69, 9.17) is 5.73 Å². The van der Waals surface area contributed by atoms with Gasteiger partial charge in [-0.2, -0.15) is 0 Å². The van der Waals surface area contributed by atoms with Gasteiger partial charge in [-0.25, -0.2) is 0 Å². The molecular weight excluding hydrogens is 246 g/mol. The highest BCUT2D eigenvalue weighted by Gasteiger charge is 2.38. The van der Waals surface area contributed by atoms with Crippen LogP contribution >= 0.6 is 0 Å². The number of rotatable bonds is 4. The van der Waals surface area contributed by atoms with Crippen LogP contribution in [0.5, 0.6) is 0 Å². The lowest BCUT2D eigenvalue weighted by atomic mass is 9.67. The van der Waals surface area contributed by atoms with Crippen molar-refractivity contribution in [1.29, 1.82) is 0 Å². The monoisotopic (exact) mass is 275 g/mol. The normalized spacial score (nSPS) is 21.4. The Morgan fingerprint density at radius 3 is 2.35 bits per heavy atom. The highest BCUT2D eigenvalue weighted by molar-refractivity contribution is 5.33. The summed E-state index contributed by atoms with van der Waals surface area (Å²) < 4.78 is 0. The predicted molar refractivity (Wildman–Crippen MR) is 84.9 cm³/mol. The van der Waals surface area contributed by atoms with Crippen molar-refractivity contribution in [2.45, 2.75) is 64.9 Å². The van der Waals surface area contributed by atoms with E-state index < -0.39 is 0 Å². The van der Waals surface area contributed by atoms with Crippen LogP contribution in [0.25, 0.3) is 0 Å². The number of aliphatic hydroxyl groups is 1. The maximum atomic E-state index is 10.9. The molecule has 2 unspecified atom stereocenters. The number of benzene rings is 1. The van der Waals surface area contributed by atoms with Crippen LogP contribution in [0.15, 0.2) is 18.2 Å². The van der Waals surface area contributed by atoms with Crippen LogP contribution in [0.3, 0.4) is 0 Å². The van der Waals surface area contributed by atoms with Crippen molar-refractivity contribution in [2.24, 2.45) is 11.1 Å². The van der Waals surface area contributed by atoms with Gasteiger partial charge in [0.1, 0.15) is 0 Å². The van der Waals surface area contributed by atoms with Crippen LogP contribution in [0, 0.1) is 19.3 Å². The van der Waals surface area contributed by atoms with Gasteiger partial charge in [0.2, 0.25) is 0 Å². The first kappa shape index (κ1) is 15.5. The van der Waals surface area contributed by atoms with Gasteiger partial charge in [-0.05, 0) is 48.8 Å². The summed E-state index contributed by atoms with van der Waals surface area (Å²) in [7, 11) is 0. The highest BCUT2D eigenvalue weighted by atomic mass is 16.3. The van der Waals surface area contributed by atoms with Gasteiger partial charge >= 0.3 is 0 Å². The lowest BCUT2D eigenvalue weighted by Crippen LogP contribution is -2.41. The summed E-state index contributed by atoms with van der Waals surface area (Å²) in [4.78, 5) is 0. The molecule has 0 aromatic heterocycles. The third-order valence-corrected chi connectivity index (χ3v) is 5.30. The van der Waals surface area contributed by atoms with Gasteiger partial charge < -0.3 is 10.8 Å². The molecule has 0 saturated heterocycles. The molecule has 20 heavy (non-hydrogen) atoms. The summed E-state index contributed by atoms with van der Waals surface area (Å²) in [6.45, 7) is 7.00. The molecular formula is C18H29NO. The third kappa shape index (κ3) is 3.07. The maximum Gasteiger partial charge on any atom is 0.0674 e. The van der Waals surface area contributed by atoms with E-state index in [2.05, 4.69) is 39.0 Å². The van der Waals surface area contributed by atoms with Crippen LogP contribution in [0.1, 0.15) is 61.6 Å². The Morgan fingerprint density at radius 1 is 1.15 bits per heavy atom. The fourth-order valence-electron chi connectivity index (χ4n) is 3.58. The van der Waals surface area contributed by atoms with Gasteiger partial charge in [-0.3, -0.25) is 0 Å². The Bertz CT molecular complexity index is 449. The Hall–Kier alpha value is -0.860. The molecule has 1 saturated carbocycles. The minimum atomic E-state index is -0.338. The fraction of sp³-hybridized carbons (Fsp3) is 0.667. The van der Waals surface area contributed by atoms with Gasteiger partial charge in [0.25, 0.3) is 0 Å². The first-order valence-electron chi connectivity index (χ1n) is 7.93. The van der Waals surface area contributed by atoms with Crippen molar-refractivity contribution in [2.75, 3.05) is 6.54 Å². The van der Waals surface area contributed by atoms with Crippen LogP contribution in [-0.4, -0.2) is 17.8 Å². The predicted octanol–water partition coefficient (Wildman–Crippen LogP) is 3.68. The number of aryl methyl sites for hydroxylation is 2. The number of nitrogens with two attached hydrogens (primary N) is 1. The average Bonchev–Trinajstić information content (AvgIpc) is 2.44. The molecule has 2 rings (SSSR count). The third-order valence-electron chi connectivity index (χ3n) is 5.30. The molecule has 2 heteroatoms. The largest absolute Gasteiger partial charge is 0.392 e. The van der Waals surface area contributed by atoms with Crippen molar-refractivity contribution in [3.63, 3.8) is 0 Å².